The average molecular weight is 254 g/mol. The largest absolute Gasteiger partial charge is 0.187 e. The third-order valence-corrected chi connectivity index (χ3v) is 5.16. The standard InChI is InChI=1S/C16H34N2/c1-11(2)15(9,12(3)4)17-18-16(10,13(5)6)14(7)8/h11-14H,1-10H3. The molecule has 2 heteroatoms. The number of rotatable bonds is 6. The Morgan fingerprint density at radius 1 is 0.500 bits per heavy atom. The van der Waals surface area contributed by atoms with Crippen molar-refractivity contribution in [2.45, 2.75) is 80.3 Å². The summed E-state index contributed by atoms with van der Waals surface area (Å²) in [6.45, 7) is 22.4. The molecule has 0 N–H and O–H groups in total. The Hall–Kier alpha value is -0.400. The third-order valence-electron chi connectivity index (χ3n) is 5.16. The van der Waals surface area contributed by atoms with Crippen LogP contribution in [0.15, 0.2) is 10.2 Å². The molecule has 0 aliphatic heterocycles. The van der Waals surface area contributed by atoms with Gasteiger partial charge in [0.1, 0.15) is 0 Å². The number of hydrogen-bond donors (Lipinski definition) is 0. The van der Waals surface area contributed by atoms with Crippen LogP contribution >= 0.6 is 0 Å². The van der Waals surface area contributed by atoms with Crippen molar-refractivity contribution >= 4 is 0 Å². The van der Waals surface area contributed by atoms with Crippen molar-refractivity contribution < 1.29 is 0 Å². The van der Waals surface area contributed by atoms with Crippen molar-refractivity contribution in [3.8, 4) is 0 Å². The van der Waals surface area contributed by atoms with E-state index >= 15 is 0 Å². The van der Waals surface area contributed by atoms with Crippen molar-refractivity contribution in [3.63, 3.8) is 0 Å². The van der Waals surface area contributed by atoms with Crippen LogP contribution in [0, 0.1) is 23.7 Å². The smallest absolute Gasteiger partial charge is 0.0833 e. The summed E-state index contributed by atoms with van der Waals surface area (Å²) in [7, 11) is 0. The normalized spacial score (nSPS) is 14.8. The Kier molecular flexibility index (Phi) is 6.03. The SMILES string of the molecule is CC(C)C(C)(N=NC(C)(C(C)C)C(C)C)C(C)C. The zero-order valence-corrected chi connectivity index (χ0v) is 14.2. The minimum absolute atomic E-state index is 0.0644. The van der Waals surface area contributed by atoms with E-state index in [9.17, 15) is 0 Å². The summed E-state index contributed by atoms with van der Waals surface area (Å²) in [6, 6.07) is 0. The van der Waals surface area contributed by atoms with Gasteiger partial charge in [-0.25, -0.2) is 0 Å². The van der Waals surface area contributed by atoms with Gasteiger partial charge in [-0.1, -0.05) is 55.4 Å². The Balaban J connectivity index is 5.32. The maximum absolute atomic E-state index is 4.79. The van der Waals surface area contributed by atoms with Gasteiger partial charge in [0.15, 0.2) is 0 Å². The molecule has 0 aliphatic rings. The monoisotopic (exact) mass is 254 g/mol. The lowest BCUT2D eigenvalue weighted by molar-refractivity contribution is 0.193. The second-order valence-corrected chi connectivity index (χ2v) is 7.27. The molecule has 0 rings (SSSR count). The van der Waals surface area contributed by atoms with E-state index in [1.54, 1.807) is 0 Å². The number of nitrogens with zero attached hydrogens (tertiary/aromatic N) is 2. The average Bonchev–Trinajstić information content (AvgIpc) is 2.23. The van der Waals surface area contributed by atoms with Crippen LogP contribution < -0.4 is 0 Å². The topological polar surface area (TPSA) is 24.7 Å². The van der Waals surface area contributed by atoms with E-state index < -0.39 is 0 Å². The Bertz CT molecular complexity index is 231. The molecular formula is C16H34N2. The second-order valence-electron chi connectivity index (χ2n) is 7.27. The summed E-state index contributed by atoms with van der Waals surface area (Å²) < 4.78 is 0. The quantitative estimate of drug-likeness (QED) is 0.553. The van der Waals surface area contributed by atoms with E-state index in [1.165, 1.54) is 0 Å². The van der Waals surface area contributed by atoms with E-state index in [4.69, 9.17) is 10.2 Å². The minimum atomic E-state index is -0.0644. The van der Waals surface area contributed by atoms with E-state index in [0.29, 0.717) is 23.7 Å². The Morgan fingerprint density at radius 3 is 0.778 bits per heavy atom. The molecule has 0 fully saturated rings. The summed E-state index contributed by atoms with van der Waals surface area (Å²) >= 11 is 0. The highest BCUT2D eigenvalue weighted by molar-refractivity contribution is 4.93. The molecular weight excluding hydrogens is 220 g/mol. The van der Waals surface area contributed by atoms with Gasteiger partial charge in [-0.05, 0) is 37.5 Å². The van der Waals surface area contributed by atoms with Gasteiger partial charge in [0.2, 0.25) is 0 Å². The van der Waals surface area contributed by atoms with Crippen molar-refractivity contribution in [1.29, 1.82) is 0 Å². The van der Waals surface area contributed by atoms with E-state index in [2.05, 4.69) is 69.2 Å². The highest BCUT2D eigenvalue weighted by Crippen LogP contribution is 2.35. The van der Waals surface area contributed by atoms with Crippen LogP contribution in [0.4, 0.5) is 0 Å². The minimum Gasteiger partial charge on any atom is -0.187 e. The number of hydrogen-bond acceptors (Lipinski definition) is 2. The van der Waals surface area contributed by atoms with Crippen LogP contribution in [0.25, 0.3) is 0 Å². The first-order valence-corrected chi connectivity index (χ1v) is 7.42. The number of azo groups is 1. The van der Waals surface area contributed by atoms with E-state index in [-0.39, 0.29) is 11.1 Å². The highest BCUT2D eigenvalue weighted by atomic mass is 15.2. The van der Waals surface area contributed by atoms with Gasteiger partial charge in [-0.15, -0.1) is 0 Å². The van der Waals surface area contributed by atoms with Crippen molar-refractivity contribution in [2.24, 2.45) is 33.9 Å². The molecule has 0 atom stereocenters. The molecule has 108 valence electrons. The second kappa shape index (κ2) is 6.16. The molecule has 2 nitrogen and oxygen atoms in total. The van der Waals surface area contributed by atoms with Gasteiger partial charge in [0, 0.05) is 0 Å². The summed E-state index contributed by atoms with van der Waals surface area (Å²) in [4.78, 5) is 0. The molecule has 0 saturated carbocycles. The van der Waals surface area contributed by atoms with Crippen LogP contribution in [0.5, 0.6) is 0 Å². The zero-order chi connectivity index (χ0) is 14.7. The molecule has 0 bridgehead atoms. The van der Waals surface area contributed by atoms with E-state index in [1.807, 2.05) is 0 Å². The molecule has 0 unspecified atom stereocenters. The van der Waals surface area contributed by atoms with Crippen molar-refractivity contribution in [3.05, 3.63) is 0 Å². The van der Waals surface area contributed by atoms with Gasteiger partial charge in [-0.3, -0.25) is 0 Å². The fourth-order valence-electron chi connectivity index (χ4n) is 2.01. The predicted octanol–water partition coefficient (Wildman–Crippen LogP) is 5.58. The van der Waals surface area contributed by atoms with Crippen molar-refractivity contribution in [2.75, 3.05) is 0 Å². The molecule has 0 aromatic heterocycles. The molecule has 0 saturated heterocycles. The van der Waals surface area contributed by atoms with Crippen molar-refractivity contribution in [1.82, 2.24) is 0 Å². The third kappa shape index (κ3) is 3.55. The highest BCUT2D eigenvalue weighted by Gasteiger charge is 2.36. The molecule has 18 heavy (non-hydrogen) atoms. The lowest BCUT2D eigenvalue weighted by Crippen LogP contribution is -2.39. The van der Waals surface area contributed by atoms with Crippen LogP contribution in [0.1, 0.15) is 69.2 Å². The van der Waals surface area contributed by atoms with Crippen LogP contribution in [-0.2, 0) is 0 Å². The van der Waals surface area contributed by atoms with Gasteiger partial charge in [0.25, 0.3) is 0 Å². The molecule has 0 aromatic rings. The van der Waals surface area contributed by atoms with Gasteiger partial charge in [-0.2, -0.15) is 10.2 Å². The van der Waals surface area contributed by atoms with Gasteiger partial charge in [0.05, 0.1) is 11.1 Å². The van der Waals surface area contributed by atoms with Gasteiger partial charge < -0.3 is 0 Å². The fourth-order valence-corrected chi connectivity index (χ4v) is 2.01. The Morgan fingerprint density at radius 2 is 0.667 bits per heavy atom. The Labute approximate surface area is 115 Å². The van der Waals surface area contributed by atoms with Crippen LogP contribution in [0.2, 0.25) is 0 Å². The maximum Gasteiger partial charge on any atom is 0.0833 e. The molecule has 0 heterocycles. The lowest BCUT2D eigenvalue weighted by atomic mass is 9.78. The first-order chi connectivity index (χ1) is 7.98. The first kappa shape index (κ1) is 17.6. The predicted molar refractivity (Wildman–Crippen MR) is 81.0 cm³/mol. The van der Waals surface area contributed by atoms with Crippen LogP contribution in [0.3, 0.4) is 0 Å². The first-order valence-electron chi connectivity index (χ1n) is 7.42. The van der Waals surface area contributed by atoms with Crippen LogP contribution in [-0.4, -0.2) is 11.1 Å². The fraction of sp³-hybridized carbons (Fsp3) is 1.00. The summed E-state index contributed by atoms with van der Waals surface area (Å²) in [5.41, 5.74) is -0.129. The van der Waals surface area contributed by atoms with E-state index in [0.717, 1.165) is 0 Å². The lowest BCUT2D eigenvalue weighted by Gasteiger charge is -2.37. The molecule has 0 aromatic carbocycles. The maximum atomic E-state index is 4.79. The molecule has 0 spiro atoms. The molecule has 0 radical (unpaired) electrons. The summed E-state index contributed by atoms with van der Waals surface area (Å²) in [5.74, 6) is 2.02. The summed E-state index contributed by atoms with van der Waals surface area (Å²) in [5, 5.41) is 9.59. The summed E-state index contributed by atoms with van der Waals surface area (Å²) in [6.07, 6.45) is 0. The van der Waals surface area contributed by atoms with Gasteiger partial charge >= 0.3 is 0 Å². The molecule has 0 amide bonds. The molecule has 0 aliphatic carbocycles. The zero-order valence-electron chi connectivity index (χ0n) is 14.2.